The first-order valence-corrected chi connectivity index (χ1v) is 7.53. The molecule has 0 aliphatic rings. The quantitative estimate of drug-likeness (QED) is 0.917. The Hall–Kier alpha value is -0.230. The molecular formula is C11H13BrN2S2. The zero-order chi connectivity index (χ0) is 11.5. The number of thiazole rings is 1. The largest absolute Gasteiger partial charge is 0.304 e. The molecule has 2 heterocycles. The van der Waals surface area contributed by atoms with Crippen LogP contribution in [0.4, 0.5) is 0 Å². The molecule has 0 fully saturated rings. The fourth-order valence-corrected chi connectivity index (χ4v) is 3.52. The van der Waals surface area contributed by atoms with Crippen LogP contribution in [0.2, 0.25) is 0 Å². The van der Waals surface area contributed by atoms with Crippen LogP contribution in [0.25, 0.3) is 0 Å². The predicted molar refractivity (Wildman–Crippen MR) is 74.1 cm³/mol. The van der Waals surface area contributed by atoms with Crippen molar-refractivity contribution < 1.29 is 0 Å². The third-order valence-electron chi connectivity index (χ3n) is 2.29. The van der Waals surface area contributed by atoms with Crippen LogP contribution in [-0.2, 0) is 6.54 Å². The van der Waals surface area contributed by atoms with Gasteiger partial charge in [0.25, 0.3) is 0 Å². The van der Waals surface area contributed by atoms with E-state index in [2.05, 4.69) is 50.7 Å². The van der Waals surface area contributed by atoms with Crippen LogP contribution < -0.4 is 5.32 Å². The monoisotopic (exact) mass is 316 g/mol. The molecular weight excluding hydrogens is 304 g/mol. The Balaban J connectivity index is 1.91. The van der Waals surface area contributed by atoms with Crippen molar-refractivity contribution in [3.8, 4) is 0 Å². The van der Waals surface area contributed by atoms with Crippen molar-refractivity contribution in [2.24, 2.45) is 0 Å². The van der Waals surface area contributed by atoms with Crippen molar-refractivity contribution >= 4 is 38.6 Å². The minimum absolute atomic E-state index is 0.311. The van der Waals surface area contributed by atoms with Crippen molar-refractivity contribution in [2.45, 2.75) is 26.4 Å². The Morgan fingerprint density at radius 1 is 1.50 bits per heavy atom. The Morgan fingerprint density at radius 2 is 2.31 bits per heavy atom. The number of nitrogens with zero attached hydrogens (tertiary/aromatic N) is 1. The summed E-state index contributed by atoms with van der Waals surface area (Å²) in [6.45, 7) is 5.09. The molecule has 1 atom stereocenters. The summed E-state index contributed by atoms with van der Waals surface area (Å²) in [7, 11) is 0. The average Bonchev–Trinajstić information content (AvgIpc) is 2.84. The first kappa shape index (κ1) is 12.2. The van der Waals surface area contributed by atoms with E-state index in [1.165, 1.54) is 8.66 Å². The number of nitrogens with one attached hydrogen (secondary N) is 1. The molecule has 0 bridgehead atoms. The minimum atomic E-state index is 0.311. The lowest BCUT2D eigenvalue weighted by Gasteiger charge is -2.09. The Labute approximate surface area is 112 Å². The van der Waals surface area contributed by atoms with Gasteiger partial charge in [0.2, 0.25) is 0 Å². The first-order valence-electron chi connectivity index (χ1n) is 5.05. The Morgan fingerprint density at radius 3 is 2.88 bits per heavy atom. The molecule has 0 spiro atoms. The van der Waals surface area contributed by atoms with Gasteiger partial charge in [-0.1, -0.05) is 0 Å². The van der Waals surface area contributed by atoms with Gasteiger partial charge in [0.05, 0.1) is 14.5 Å². The maximum absolute atomic E-state index is 4.48. The molecule has 0 aliphatic heterocycles. The number of hydrogen-bond donors (Lipinski definition) is 1. The summed E-state index contributed by atoms with van der Waals surface area (Å²) in [5.74, 6) is 0. The van der Waals surface area contributed by atoms with Gasteiger partial charge in [0.15, 0.2) is 0 Å². The second kappa shape index (κ2) is 5.40. The second-order valence-corrected chi connectivity index (χ2v) is 7.21. The molecule has 0 amide bonds. The Bertz CT molecular complexity index is 464. The molecule has 2 aromatic heterocycles. The maximum Gasteiger partial charge on any atom is 0.0898 e. The molecule has 0 saturated carbocycles. The SMILES string of the molecule is Cc1nc(C(C)NCc2ccc(Br)s2)cs1. The van der Waals surface area contributed by atoms with Gasteiger partial charge < -0.3 is 5.32 Å². The van der Waals surface area contributed by atoms with Gasteiger partial charge in [-0.3, -0.25) is 0 Å². The standard InChI is InChI=1S/C11H13BrN2S2/c1-7(10-6-15-8(2)14-10)13-5-9-3-4-11(12)16-9/h3-4,6-7,13H,5H2,1-2H3. The molecule has 2 aromatic rings. The van der Waals surface area contributed by atoms with Crippen molar-refractivity contribution in [3.05, 3.63) is 36.9 Å². The molecule has 0 saturated heterocycles. The van der Waals surface area contributed by atoms with Crippen LogP contribution in [0, 0.1) is 6.92 Å². The average molecular weight is 317 g/mol. The van der Waals surface area contributed by atoms with E-state index in [1.807, 2.05) is 6.92 Å². The van der Waals surface area contributed by atoms with Gasteiger partial charge in [-0.15, -0.1) is 22.7 Å². The van der Waals surface area contributed by atoms with Crippen LogP contribution in [0.1, 0.15) is 28.5 Å². The molecule has 16 heavy (non-hydrogen) atoms. The number of aromatic nitrogens is 1. The van der Waals surface area contributed by atoms with Gasteiger partial charge in [-0.2, -0.15) is 0 Å². The topological polar surface area (TPSA) is 24.9 Å². The van der Waals surface area contributed by atoms with Gasteiger partial charge >= 0.3 is 0 Å². The summed E-state index contributed by atoms with van der Waals surface area (Å²) in [4.78, 5) is 5.82. The number of rotatable bonds is 4. The number of hydrogen-bond acceptors (Lipinski definition) is 4. The van der Waals surface area contributed by atoms with E-state index < -0.39 is 0 Å². The molecule has 2 rings (SSSR count). The molecule has 0 aromatic carbocycles. The van der Waals surface area contributed by atoms with Crippen molar-refractivity contribution in [2.75, 3.05) is 0 Å². The van der Waals surface area contributed by atoms with E-state index in [1.54, 1.807) is 22.7 Å². The lowest BCUT2D eigenvalue weighted by atomic mass is 10.2. The van der Waals surface area contributed by atoms with Gasteiger partial charge in [-0.25, -0.2) is 4.98 Å². The van der Waals surface area contributed by atoms with E-state index in [0.717, 1.165) is 17.2 Å². The van der Waals surface area contributed by atoms with E-state index in [4.69, 9.17) is 0 Å². The van der Waals surface area contributed by atoms with Gasteiger partial charge in [0, 0.05) is 22.8 Å². The normalized spacial score (nSPS) is 12.9. The van der Waals surface area contributed by atoms with E-state index in [9.17, 15) is 0 Å². The number of halogens is 1. The first-order chi connectivity index (χ1) is 7.65. The molecule has 2 nitrogen and oxygen atoms in total. The second-order valence-electron chi connectivity index (χ2n) is 3.60. The number of aryl methyl sites for hydroxylation is 1. The molecule has 0 aliphatic carbocycles. The Kier molecular flexibility index (Phi) is 4.13. The molecule has 1 unspecified atom stereocenters. The fourth-order valence-electron chi connectivity index (χ4n) is 1.38. The third kappa shape index (κ3) is 3.13. The summed E-state index contributed by atoms with van der Waals surface area (Å²) in [5, 5.41) is 6.73. The summed E-state index contributed by atoms with van der Waals surface area (Å²) in [6, 6.07) is 4.53. The van der Waals surface area contributed by atoms with Crippen molar-refractivity contribution in [1.82, 2.24) is 10.3 Å². The maximum atomic E-state index is 4.48. The van der Waals surface area contributed by atoms with Crippen LogP contribution >= 0.6 is 38.6 Å². The van der Waals surface area contributed by atoms with E-state index in [-0.39, 0.29) is 0 Å². The van der Waals surface area contributed by atoms with E-state index >= 15 is 0 Å². The van der Waals surface area contributed by atoms with Crippen molar-refractivity contribution in [1.29, 1.82) is 0 Å². The lowest BCUT2D eigenvalue weighted by Crippen LogP contribution is -2.17. The van der Waals surface area contributed by atoms with Crippen LogP contribution in [0.15, 0.2) is 21.3 Å². The highest BCUT2D eigenvalue weighted by atomic mass is 79.9. The highest BCUT2D eigenvalue weighted by Gasteiger charge is 2.08. The lowest BCUT2D eigenvalue weighted by molar-refractivity contribution is 0.567. The highest BCUT2D eigenvalue weighted by molar-refractivity contribution is 9.11. The van der Waals surface area contributed by atoms with Crippen LogP contribution in [0.5, 0.6) is 0 Å². The van der Waals surface area contributed by atoms with Gasteiger partial charge in [-0.05, 0) is 41.9 Å². The molecule has 1 N–H and O–H groups in total. The minimum Gasteiger partial charge on any atom is -0.304 e. The summed E-state index contributed by atoms with van der Waals surface area (Å²) in [6.07, 6.45) is 0. The third-order valence-corrected chi connectivity index (χ3v) is 4.71. The zero-order valence-electron chi connectivity index (χ0n) is 9.16. The summed E-state index contributed by atoms with van der Waals surface area (Å²) < 4.78 is 1.18. The summed E-state index contributed by atoms with van der Waals surface area (Å²) >= 11 is 6.94. The molecule has 86 valence electrons. The fraction of sp³-hybridized carbons (Fsp3) is 0.364. The molecule has 0 radical (unpaired) electrons. The van der Waals surface area contributed by atoms with Crippen LogP contribution in [0.3, 0.4) is 0 Å². The smallest absolute Gasteiger partial charge is 0.0898 e. The zero-order valence-corrected chi connectivity index (χ0v) is 12.4. The summed E-state index contributed by atoms with van der Waals surface area (Å²) in [5.41, 5.74) is 1.14. The number of thiophene rings is 1. The van der Waals surface area contributed by atoms with Crippen molar-refractivity contribution in [3.63, 3.8) is 0 Å². The highest BCUT2D eigenvalue weighted by Crippen LogP contribution is 2.23. The van der Waals surface area contributed by atoms with Crippen LogP contribution in [-0.4, -0.2) is 4.98 Å². The van der Waals surface area contributed by atoms with Gasteiger partial charge in [0.1, 0.15) is 0 Å². The predicted octanol–water partition coefficient (Wildman–Crippen LogP) is 4.13. The van der Waals surface area contributed by atoms with E-state index in [0.29, 0.717) is 6.04 Å². The molecule has 5 heteroatoms.